The van der Waals surface area contributed by atoms with Gasteiger partial charge in [-0.05, 0) is 31.0 Å². The number of aromatic nitrogens is 3. The SMILES string of the molecule is O=C(Cn1ccc(C(F)(F)F)n1)N1CCC(c2nc3ccccc3o2)CC1. The summed E-state index contributed by atoms with van der Waals surface area (Å²) in [6, 6.07) is 8.41. The van der Waals surface area contributed by atoms with Crippen molar-refractivity contribution >= 4 is 17.0 Å². The number of nitrogens with zero attached hydrogens (tertiary/aromatic N) is 4. The van der Waals surface area contributed by atoms with E-state index in [2.05, 4.69) is 10.1 Å². The summed E-state index contributed by atoms with van der Waals surface area (Å²) < 4.78 is 44.6. The van der Waals surface area contributed by atoms with Crippen molar-refractivity contribution in [2.75, 3.05) is 13.1 Å². The molecule has 0 saturated carbocycles. The van der Waals surface area contributed by atoms with Gasteiger partial charge in [-0.2, -0.15) is 18.3 Å². The molecule has 0 unspecified atom stereocenters. The lowest BCUT2D eigenvalue weighted by molar-refractivity contribution is -0.142. The summed E-state index contributed by atoms with van der Waals surface area (Å²) in [6.45, 7) is 0.814. The smallest absolute Gasteiger partial charge is 0.435 e. The topological polar surface area (TPSA) is 64.2 Å². The van der Waals surface area contributed by atoms with Gasteiger partial charge in [0.25, 0.3) is 0 Å². The Morgan fingerprint density at radius 3 is 2.59 bits per heavy atom. The number of carbonyl (C=O) groups excluding carboxylic acids is 1. The predicted octanol–water partition coefficient (Wildman–Crippen LogP) is 3.45. The number of rotatable bonds is 3. The molecule has 6 nitrogen and oxygen atoms in total. The molecule has 1 aliphatic rings. The maximum Gasteiger partial charge on any atom is 0.435 e. The second-order valence-corrected chi connectivity index (χ2v) is 6.57. The van der Waals surface area contributed by atoms with Crippen LogP contribution in [0.5, 0.6) is 0 Å². The van der Waals surface area contributed by atoms with Crippen molar-refractivity contribution in [1.82, 2.24) is 19.7 Å². The van der Waals surface area contributed by atoms with Gasteiger partial charge in [-0.3, -0.25) is 9.48 Å². The number of benzene rings is 1. The van der Waals surface area contributed by atoms with Crippen molar-refractivity contribution in [3.05, 3.63) is 48.1 Å². The first-order valence-electron chi connectivity index (χ1n) is 8.64. The van der Waals surface area contributed by atoms with E-state index < -0.39 is 11.9 Å². The summed E-state index contributed by atoms with van der Waals surface area (Å²) in [5.74, 6) is 0.552. The number of likely N-dealkylation sites (tertiary alicyclic amines) is 1. The number of alkyl halides is 3. The van der Waals surface area contributed by atoms with Crippen LogP contribution in [0.4, 0.5) is 13.2 Å². The van der Waals surface area contributed by atoms with Crippen LogP contribution in [0.15, 0.2) is 40.9 Å². The second-order valence-electron chi connectivity index (χ2n) is 6.57. The van der Waals surface area contributed by atoms with E-state index in [0.717, 1.165) is 21.8 Å². The maximum absolute atomic E-state index is 12.6. The van der Waals surface area contributed by atoms with Crippen molar-refractivity contribution in [1.29, 1.82) is 0 Å². The number of oxazole rings is 1. The van der Waals surface area contributed by atoms with Crippen molar-refractivity contribution < 1.29 is 22.4 Å². The zero-order chi connectivity index (χ0) is 19.0. The maximum atomic E-state index is 12.6. The number of hydrogen-bond acceptors (Lipinski definition) is 4. The lowest BCUT2D eigenvalue weighted by Gasteiger charge is -2.30. The first-order valence-corrected chi connectivity index (χ1v) is 8.64. The van der Waals surface area contributed by atoms with E-state index in [1.54, 1.807) is 4.90 Å². The van der Waals surface area contributed by atoms with Crippen LogP contribution in [0.25, 0.3) is 11.1 Å². The Labute approximate surface area is 152 Å². The third kappa shape index (κ3) is 3.67. The molecule has 4 rings (SSSR count). The van der Waals surface area contributed by atoms with Crippen LogP contribution in [0.3, 0.4) is 0 Å². The Morgan fingerprint density at radius 1 is 1.19 bits per heavy atom. The number of piperidine rings is 1. The molecule has 3 heterocycles. The van der Waals surface area contributed by atoms with Gasteiger partial charge in [0, 0.05) is 25.2 Å². The van der Waals surface area contributed by atoms with E-state index in [1.165, 1.54) is 6.20 Å². The molecule has 2 aromatic heterocycles. The van der Waals surface area contributed by atoms with Gasteiger partial charge in [-0.1, -0.05) is 12.1 Å². The minimum atomic E-state index is -4.51. The van der Waals surface area contributed by atoms with Crippen LogP contribution >= 0.6 is 0 Å². The molecule has 1 amide bonds. The molecule has 3 aromatic rings. The summed E-state index contributed by atoms with van der Waals surface area (Å²) in [5.41, 5.74) is 0.556. The highest BCUT2D eigenvalue weighted by atomic mass is 19.4. The lowest BCUT2D eigenvalue weighted by atomic mass is 9.97. The Hall–Kier alpha value is -2.84. The van der Waals surface area contributed by atoms with Crippen LogP contribution in [0.1, 0.15) is 30.3 Å². The molecule has 9 heteroatoms. The largest absolute Gasteiger partial charge is 0.440 e. The molecular weight excluding hydrogens is 361 g/mol. The first kappa shape index (κ1) is 17.6. The predicted molar refractivity (Wildman–Crippen MR) is 89.8 cm³/mol. The van der Waals surface area contributed by atoms with Crippen LogP contribution in [-0.2, 0) is 17.5 Å². The highest BCUT2D eigenvalue weighted by molar-refractivity contribution is 5.76. The van der Waals surface area contributed by atoms with Crippen molar-refractivity contribution in [2.45, 2.75) is 31.5 Å². The van der Waals surface area contributed by atoms with E-state index in [-0.39, 0.29) is 18.4 Å². The zero-order valence-corrected chi connectivity index (χ0v) is 14.3. The number of para-hydroxylation sites is 2. The van der Waals surface area contributed by atoms with E-state index in [9.17, 15) is 18.0 Å². The van der Waals surface area contributed by atoms with Gasteiger partial charge in [0.2, 0.25) is 5.91 Å². The molecule has 1 aliphatic heterocycles. The van der Waals surface area contributed by atoms with Gasteiger partial charge >= 0.3 is 6.18 Å². The van der Waals surface area contributed by atoms with Crippen LogP contribution < -0.4 is 0 Å². The van der Waals surface area contributed by atoms with E-state index in [4.69, 9.17) is 4.42 Å². The van der Waals surface area contributed by atoms with E-state index in [1.807, 2.05) is 24.3 Å². The Bertz CT molecular complexity index is 922. The van der Waals surface area contributed by atoms with Gasteiger partial charge in [0.1, 0.15) is 12.1 Å². The molecule has 142 valence electrons. The van der Waals surface area contributed by atoms with Crippen molar-refractivity contribution in [3.63, 3.8) is 0 Å². The number of amides is 1. The van der Waals surface area contributed by atoms with Crippen LogP contribution in [0.2, 0.25) is 0 Å². The third-order valence-corrected chi connectivity index (χ3v) is 4.74. The fourth-order valence-corrected chi connectivity index (χ4v) is 3.28. The molecule has 1 aromatic carbocycles. The molecule has 0 N–H and O–H groups in total. The zero-order valence-electron chi connectivity index (χ0n) is 14.3. The highest BCUT2D eigenvalue weighted by Gasteiger charge is 2.34. The fraction of sp³-hybridized carbons (Fsp3) is 0.389. The normalized spacial score (nSPS) is 16.2. The first-order chi connectivity index (χ1) is 12.9. The van der Waals surface area contributed by atoms with Gasteiger partial charge in [-0.15, -0.1) is 0 Å². The van der Waals surface area contributed by atoms with Crippen LogP contribution in [-0.4, -0.2) is 38.7 Å². The van der Waals surface area contributed by atoms with Gasteiger partial charge < -0.3 is 9.32 Å². The molecule has 1 fully saturated rings. The van der Waals surface area contributed by atoms with Gasteiger partial charge in [-0.25, -0.2) is 4.98 Å². The quantitative estimate of drug-likeness (QED) is 0.700. The molecule has 1 saturated heterocycles. The molecule has 0 spiro atoms. The fourth-order valence-electron chi connectivity index (χ4n) is 3.28. The standard InChI is InChI=1S/C18H17F3N4O2/c19-18(20,21)15-7-10-25(23-15)11-16(26)24-8-5-12(6-9-24)17-22-13-3-1-2-4-14(13)27-17/h1-4,7,10,12H,5-6,8-9,11H2. The molecular formula is C18H17F3N4O2. The van der Waals surface area contributed by atoms with E-state index >= 15 is 0 Å². The summed E-state index contributed by atoms with van der Waals surface area (Å²) in [6.07, 6.45) is -1.94. The summed E-state index contributed by atoms with van der Waals surface area (Å²) in [7, 11) is 0. The van der Waals surface area contributed by atoms with Gasteiger partial charge in [0.15, 0.2) is 17.2 Å². The molecule has 27 heavy (non-hydrogen) atoms. The number of halogens is 3. The van der Waals surface area contributed by atoms with Crippen molar-refractivity contribution in [2.24, 2.45) is 0 Å². The molecule has 0 aliphatic carbocycles. The van der Waals surface area contributed by atoms with Crippen LogP contribution in [0, 0.1) is 0 Å². The molecule has 0 bridgehead atoms. The summed E-state index contributed by atoms with van der Waals surface area (Å²) in [5, 5.41) is 3.42. The third-order valence-electron chi connectivity index (χ3n) is 4.74. The number of carbonyl (C=O) groups is 1. The average molecular weight is 378 g/mol. The average Bonchev–Trinajstić information content (AvgIpc) is 3.28. The Morgan fingerprint density at radius 2 is 1.93 bits per heavy atom. The second kappa shape index (κ2) is 6.71. The highest BCUT2D eigenvalue weighted by Crippen LogP contribution is 2.30. The van der Waals surface area contributed by atoms with Gasteiger partial charge in [0.05, 0.1) is 0 Å². The van der Waals surface area contributed by atoms with Crippen molar-refractivity contribution in [3.8, 4) is 0 Å². The number of fused-ring (bicyclic) bond motifs is 1. The Kier molecular flexibility index (Phi) is 4.37. The minimum Gasteiger partial charge on any atom is -0.440 e. The Balaban J connectivity index is 1.35. The molecule has 0 radical (unpaired) electrons. The molecule has 0 atom stereocenters. The number of hydrogen-bond donors (Lipinski definition) is 0. The van der Waals surface area contributed by atoms with E-state index in [0.29, 0.717) is 31.8 Å². The minimum absolute atomic E-state index is 0.128. The monoisotopic (exact) mass is 378 g/mol. The summed E-state index contributed by atoms with van der Waals surface area (Å²) in [4.78, 5) is 18.5. The summed E-state index contributed by atoms with van der Waals surface area (Å²) >= 11 is 0. The lowest BCUT2D eigenvalue weighted by Crippen LogP contribution is -2.39.